The monoisotopic (exact) mass is 333 g/mol. The zero-order chi connectivity index (χ0) is 16.7. The Hall–Kier alpha value is -1.95. The molecule has 1 aromatic carbocycles. The van der Waals surface area contributed by atoms with Gasteiger partial charge in [0.1, 0.15) is 11.6 Å². The zero-order valence-electron chi connectivity index (χ0n) is 13.8. The topological polar surface area (TPSA) is 56.1 Å². The van der Waals surface area contributed by atoms with E-state index in [9.17, 15) is 4.79 Å². The quantitative estimate of drug-likeness (QED) is 0.596. The molecule has 1 N–H and O–H groups in total. The molecule has 6 heteroatoms. The molecule has 0 bridgehead atoms. The first kappa shape index (κ1) is 17.4. The molecule has 0 saturated heterocycles. The third kappa shape index (κ3) is 5.32. The number of rotatable bonds is 8. The van der Waals surface area contributed by atoms with E-state index < -0.39 is 6.10 Å². The van der Waals surface area contributed by atoms with E-state index in [2.05, 4.69) is 14.9 Å². The summed E-state index contributed by atoms with van der Waals surface area (Å²) in [5, 5.41) is 2.91. The number of aromatic nitrogens is 2. The van der Waals surface area contributed by atoms with E-state index in [-0.39, 0.29) is 5.91 Å². The van der Waals surface area contributed by atoms with Crippen LogP contribution in [0.4, 0.5) is 0 Å². The van der Waals surface area contributed by atoms with Crippen LogP contribution in [0.5, 0.6) is 5.75 Å². The highest BCUT2D eigenvalue weighted by Crippen LogP contribution is 2.19. The van der Waals surface area contributed by atoms with Gasteiger partial charge in [-0.05, 0) is 50.8 Å². The fraction of sp³-hybridized carbons (Fsp3) is 0.412. The van der Waals surface area contributed by atoms with Crippen molar-refractivity contribution in [2.45, 2.75) is 37.8 Å². The molecule has 2 aromatic rings. The first-order valence-electron chi connectivity index (χ1n) is 7.66. The van der Waals surface area contributed by atoms with Crippen LogP contribution < -0.4 is 10.1 Å². The minimum absolute atomic E-state index is 0.0960. The number of nitrogens with one attached hydrogen (secondary N) is 1. The van der Waals surface area contributed by atoms with Crippen molar-refractivity contribution in [1.29, 1.82) is 0 Å². The van der Waals surface area contributed by atoms with Crippen LogP contribution in [0.2, 0.25) is 0 Å². The van der Waals surface area contributed by atoms with Gasteiger partial charge < -0.3 is 14.6 Å². The van der Waals surface area contributed by atoms with Crippen LogP contribution in [0.25, 0.3) is 0 Å². The van der Waals surface area contributed by atoms with Gasteiger partial charge >= 0.3 is 0 Å². The van der Waals surface area contributed by atoms with E-state index >= 15 is 0 Å². The molecule has 0 radical (unpaired) electrons. The summed E-state index contributed by atoms with van der Waals surface area (Å²) in [7, 11) is 0. The lowest BCUT2D eigenvalue weighted by Gasteiger charge is -2.15. The largest absolute Gasteiger partial charge is 0.481 e. The highest BCUT2D eigenvalue weighted by atomic mass is 32.2. The molecule has 0 fully saturated rings. The third-order valence-electron chi connectivity index (χ3n) is 3.54. The van der Waals surface area contributed by atoms with Crippen molar-refractivity contribution in [3.8, 4) is 5.75 Å². The van der Waals surface area contributed by atoms with Gasteiger partial charge in [0.15, 0.2) is 6.10 Å². The summed E-state index contributed by atoms with van der Waals surface area (Å²) in [6.07, 6.45) is 6.10. The third-order valence-corrected chi connectivity index (χ3v) is 4.28. The van der Waals surface area contributed by atoms with Crippen molar-refractivity contribution in [2.75, 3.05) is 12.8 Å². The second-order valence-corrected chi connectivity index (χ2v) is 6.13. The standard InChI is InChI=1S/C17H23N3O2S/c1-13(22-15-5-7-16(23-3)8-6-15)17(21)19-9-4-11-20-12-10-18-14(20)2/h5-8,10,12-13H,4,9,11H2,1-3H3,(H,19,21). The van der Waals surface area contributed by atoms with Gasteiger partial charge in [0.05, 0.1) is 0 Å². The number of amides is 1. The summed E-state index contributed by atoms with van der Waals surface area (Å²) in [6.45, 7) is 5.20. The number of ether oxygens (including phenoxy) is 1. The molecular formula is C17H23N3O2S. The summed E-state index contributed by atoms with van der Waals surface area (Å²) in [4.78, 5) is 17.4. The number of thioether (sulfide) groups is 1. The highest BCUT2D eigenvalue weighted by Gasteiger charge is 2.13. The van der Waals surface area contributed by atoms with Gasteiger partial charge in [0.2, 0.25) is 0 Å². The average Bonchev–Trinajstić information content (AvgIpc) is 2.97. The molecule has 0 spiro atoms. The van der Waals surface area contributed by atoms with Gasteiger partial charge in [0.25, 0.3) is 5.91 Å². The first-order valence-corrected chi connectivity index (χ1v) is 8.89. The molecule has 0 aliphatic heterocycles. The maximum absolute atomic E-state index is 12.0. The van der Waals surface area contributed by atoms with Crippen molar-refractivity contribution >= 4 is 17.7 Å². The smallest absolute Gasteiger partial charge is 0.260 e. The number of benzene rings is 1. The minimum atomic E-state index is -0.509. The summed E-state index contributed by atoms with van der Waals surface area (Å²) < 4.78 is 7.73. The number of carbonyl (C=O) groups is 1. The van der Waals surface area contributed by atoms with Crippen LogP contribution in [0.15, 0.2) is 41.6 Å². The number of aryl methyl sites for hydroxylation is 2. The molecule has 0 saturated carbocycles. The molecule has 1 aromatic heterocycles. The Balaban J connectivity index is 1.70. The Morgan fingerprint density at radius 3 is 2.74 bits per heavy atom. The molecule has 1 unspecified atom stereocenters. The summed E-state index contributed by atoms with van der Waals surface area (Å²) in [5.74, 6) is 1.60. The predicted octanol–water partition coefficient (Wildman–Crippen LogP) is 2.89. The number of imidazole rings is 1. The predicted molar refractivity (Wildman–Crippen MR) is 92.9 cm³/mol. The second-order valence-electron chi connectivity index (χ2n) is 5.25. The highest BCUT2D eigenvalue weighted by molar-refractivity contribution is 7.98. The van der Waals surface area contributed by atoms with Crippen LogP contribution in [-0.2, 0) is 11.3 Å². The van der Waals surface area contributed by atoms with Gasteiger partial charge in [-0.3, -0.25) is 4.79 Å². The van der Waals surface area contributed by atoms with Crippen LogP contribution in [0.1, 0.15) is 19.2 Å². The fourth-order valence-electron chi connectivity index (χ4n) is 2.16. The normalized spacial score (nSPS) is 12.0. The molecule has 5 nitrogen and oxygen atoms in total. The molecule has 1 amide bonds. The van der Waals surface area contributed by atoms with Crippen LogP contribution >= 0.6 is 11.8 Å². The molecule has 2 rings (SSSR count). The van der Waals surface area contributed by atoms with Crippen LogP contribution in [0.3, 0.4) is 0 Å². The van der Waals surface area contributed by atoms with Crippen molar-refractivity contribution in [3.63, 3.8) is 0 Å². The number of hydrogen-bond donors (Lipinski definition) is 1. The van der Waals surface area contributed by atoms with Crippen LogP contribution in [-0.4, -0.2) is 34.4 Å². The van der Waals surface area contributed by atoms with Crippen molar-refractivity contribution in [1.82, 2.24) is 14.9 Å². The van der Waals surface area contributed by atoms with Gasteiger partial charge in [-0.2, -0.15) is 0 Å². The van der Waals surface area contributed by atoms with E-state index in [1.54, 1.807) is 24.9 Å². The van der Waals surface area contributed by atoms with Crippen LogP contribution in [0, 0.1) is 6.92 Å². The van der Waals surface area contributed by atoms with Crippen molar-refractivity contribution in [3.05, 3.63) is 42.5 Å². The molecule has 1 atom stereocenters. The lowest BCUT2D eigenvalue weighted by atomic mass is 10.3. The minimum Gasteiger partial charge on any atom is -0.481 e. The Labute approximate surface area is 141 Å². The Bertz CT molecular complexity index is 625. The zero-order valence-corrected chi connectivity index (χ0v) is 14.6. The lowest BCUT2D eigenvalue weighted by Crippen LogP contribution is -2.37. The summed E-state index contributed by atoms with van der Waals surface area (Å²) >= 11 is 1.67. The molecule has 0 aliphatic carbocycles. The molecule has 124 valence electrons. The average molecular weight is 333 g/mol. The van der Waals surface area contributed by atoms with E-state index in [1.165, 1.54) is 4.90 Å². The van der Waals surface area contributed by atoms with E-state index in [4.69, 9.17) is 4.74 Å². The van der Waals surface area contributed by atoms with E-state index in [0.717, 1.165) is 18.8 Å². The SMILES string of the molecule is CSc1ccc(OC(C)C(=O)NCCCn2ccnc2C)cc1. The lowest BCUT2D eigenvalue weighted by molar-refractivity contribution is -0.127. The number of nitrogens with zero attached hydrogens (tertiary/aromatic N) is 2. The second kappa shape index (κ2) is 8.62. The van der Waals surface area contributed by atoms with Crippen molar-refractivity contribution in [2.24, 2.45) is 0 Å². The summed E-state index contributed by atoms with van der Waals surface area (Å²) in [6, 6.07) is 7.74. The Morgan fingerprint density at radius 2 is 2.13 bits per heavy atom. The number of carbonyl (C=O) groups excluding carboxylic acids is 1. The Kier molecular flexibility index (Phi) is 6.52. The molecule has 23 heavy (non-hydrogen) atoms. The molecular weight excluding hydrogens is 310 g/mol. The van der Waals surface area contributed by atoms with E-state index in [1.807, 2.05) is 43.6 Å². The van der Waals surface area contributed by atoms with Gasteiger partial charge in [-0.25, -0.2) is 4.98 Å². The molecule has 1 heterocycles. The summed E-state index contributed by atoms with van der Waals surface area (Å²) in [5.41, 5.74) is 0. The Morgan fingerprint density at radius 1 is 1.39 bits per heavy atom. The fourth-order valence-corrected chi connectivity index (χ4v) is 2.56. The van der Waals surface area contributed by atoms with Gasteiger partial charge in [0, 0.05) is 30.4 Å². The van der Waals surface area contributed by atoms with Crippen molar-refractivity contribution < 1.29 is 9.53 Å². The first-order chi connectivity index (χ1) is 11.1. The maximum atomic E-state index is 12.0. The maximum Gasteiger partial charge on any atom is 0.260 e. The van der Waals surface area contributed by atoms with Gasteiger partial charge in [-0.15, -0.1) is 11.8 Å². The number of hydrogen-bond acceptors (Lipinski definition) is 4. The molecule has 0 aliphatic rings. The van der Waals surface area contributed by atoms with E-state index in [0.29, 0.717) is 12.3 Å². The van der Waals surface area contributed by atoms with Gasteiger partial charge in [-0.1, -0.05) is 0 Å².